The first-order valence-electron chi connectivity index (χ1n) is 9.06. The van der Waals surface area contributed by atoms with Gasteiger partial charge in [-0.05, 0) is 61.8 Å². The maximum absolute atomic E-state index is 12.8. The van der Waals surface area contributed by atoms with Gasteiger partial charge in [0.1, 0.15) is 5.60 Å². The number of ketones is 1. The Morgan fingerprint density at radius 3 is 2.21 bits per heavy atom. The van der Waals surface area contributed by atoms with E-state index in [1.54, 1.807) is 18.2 Å². The molecule has 1 N–H and O–H groups in total. The summed E-state index contributed by atoms with van der Waals surface area (Å²) in [5, 5.41) is 10.8. The summed E-state index contributed by atoms with van der Waals surface area (Å²) in [4.78, 5) is 25.4. The van der Waals surface area contributed by atoms with Gasteiger partial charge in [-0.3, -0.25) is 4.79 Å². The van der Waals surface area contributed by atoms with E-state index in [1.165, 1.54) is 19.3 Å². The number of ether oxygens (including phenoxy) is 1. The Bertz CT molecular complexity index is 702. The molecule has 0 spiro atoms. The van der Waals surface area contributed by atoms with Gasteiger partial charge in [-0.1, -0.05) is 24.3 Å². The first-order chi connectivity index (χ1) is 11.5. The number of esters is 1. The van der Waals surface area contributed by atoms with E-state index in [0.29, 0.717) is 23.3 Å². The molecule has 0 radical (unpaired) electrons. The van der Waals surface area contributed by atoms with Crippen LogP contribution < -0.4 is 0 Å². The van der Waals surface area contributed by atoms with Crippen molar-refractivity contribution in [3.8, 4) is 0 Å². The van der Waals surface area contributed by atoms with Crippen molar-refractivity contribution in [1.29, 1.82) is 0 Å². The van der Waals surface area contributed by atoms with Crippen molar-refractivity contribution in [1.82, 2.24) is 0 Å². The quantitative estimate of drug-likeness (QED) is 0.670. The fraction of sp³-hybridized carbons (Fsp3) is 0.600. The lowest BCUT2D eigenvalue weighted by Gasteiger charge is -2.56. The van der Waals surface area contributed by atoms with Gasteiger partial charge < -0.3 is 9.84 Å². The molecule has 4 saturated carbocycles. The summed E-state index contributed by atoms with van der Waals surface area (Å²) in [5.41, 5.74) is -1.29. The predicted molar refractivity (Wildman–Crippen MR) is 86.4 cm³/mol. The Balaban J connectivity index is 1.41. The van der Waals surface area contributed by atoms with Crippen molar-refractivity contribution < 1.29 is 19.4 Å². The molecule has 1 aromatic carbocycles. The van der Waals surface area contributed by atoms with Crippen LogP contribution in [0.15, 0.2) is 24.3 Å². The van der Waals surface area contributed by atoms with E-state index < -0.39 is 23.0 Å². The molecule has 24 heavy (non-hydrogen) atoms. The number of fused-ring (bicyclic) bond motifs is 1. The third kappa shape index (κ3) is 1.95. The molecule has 0 aliphatic heterocycles. The van der Waals surface area contributed by atoms with Crippen LogP contribution in [0.2, 0.25) is 0 Å². The number of hydrogen-bond donors (Lipinski definition) is 1. The molecule has 1 unspecified atom stereocenters. The topological polar surface area (TPSA) is 63.6 Å². The average Bonchev–Trinajstić information content (AvgIpc) is 2.78. The first-order valence-corrected chi connectivity index (χ1v) is 9.06. The summed E-state index contributed by atoms with van der Waals surface area (Å²) in [5.74, 6) is 0.707. The van der Waals surface area contributed by atoms with Crippen LogP contribution in [0.3, 0.4) is 0 Å². The number of benzene rings is 1. The fourth-order valence-corrected chi connectivity index (χ4v) is 6.08. The summed E-state index contributed by atoms with van der Waals surface area (Å²) in [6, 6.07) is 7.05. The molecule has 4 bridgehead atoms. The molecule has 4 nitrogen and oxygen atoms in total. The Labute approximate surface area is 141 Å². The normalized spacial score (nSPS) is 42.2. The van der Waals surface area contributed by atoms with Gasteiger partial charge in [0.15, 0.2) is 0 Å². The summed E-state index contributed by atoms with van der Waals surface area (Å²) >= 11 is 0. The minimum absolute atomic E-state index is 0.0349. The maximum Gasteiger partial charge on any atom is 0.347 e. The molecule has 4 fully saturated rings. The van der Waals surface area contributed by atoms with Gasteiger partial charge in [-0.15, -0.1) is 0 Å². The number of Topliss-reactive ketones (excluding diaryl/α,β-unsaturated/α-hetero) is 1. The molecule has 0 aromatic heterocycles. The second kappa shape index (κ2) is 4.69. The second-order valence-corrected chi connectivity index (χ2v) is 8.51. The van der Waals surface area contributed by atoms with Crippen LogP contribution in [-0.4, -0.2) is 28.1 Å². The average molecular weight is 326 g/mol. The van der Waals surface area contributed by atoms with Gasteiger partial charge in [0, 0.05) is 12.0 Å². The molecule has 126 valence electrons. The third-order valence-corrected chi connectivity index (χ3v) is 6.71. The molecule has 0 heterocycles. The Kier molecular flexibility index (Phi) is 2.86. The lowest BCUT2D eigenvalue weighted by atomic mass is 9.54. The van der Waals surface area contributed by atoms with Crippen LogP contribution in [0.5, 0.6) is 0 Å². The van der Waals surface area contributed by atoms with Crippen LogP contribution >= 0.6 is 0 Å². The van der Waals surface area contributed by atoms with Gasteiger partial charge in [0.25, 0.3) is 0 Å². The zero-order chi connectivity index (χ0) is 16.5. The van der Waals surface area contributed by atoms with E-state index in [2.05, 4.69) is 0 Å². The lowest BCUT2D eigenvalue weighted by Crippen LogP contribution is -2.56. The molecule has 1 atom stereocenters. The Hall–Kier alpha value is -1.68. The van der Waals surface area contributed by atoms with Crippen LogP contribution in [0.1, 0.15) is 54.4 Å². The zero-order valence-corrected chi connectivity index (χ0v) is 13.7. The van der Waals surface area contributed by atoms with Gasteiger partial charge >= 0.3 is 5.97 Å². The molecular formula is C20H22O4. The molecule has 1 aromatic rings. The minimum atomic E-state index is -2.03. The fourth-order valence-electron chi connectivity index (χ4n) is 6.08. The lowest BCUT2D eigenvalue weighted by molar-refractivity contribution is -0.199. The van der Waals surface area contributed by atoms with E-state index in [-0.39, 0.29) is 6.42 Å². The molecule has 5 aliphatic carbocycles. The monoisotopic (exact) mass is 326 g/mol. The minimum Gasteiger partial charge on any atom is -0.457 e. The number of carbonyl (C=O) groups is 2. The summed E-state index contributed by atoms with van der Waals surface area (Å²) < 4.78 is 5.93. The second-order valence-electron chi connectivity index (χ2n) is 8.51. The van der Waals surface area contributed by atoms with Crippen molar-refractivity contribution in [3.05, 3.63) is 35.4 Å². The number of hydrogen-bond acceptors (Lipinski definition) is 4. The number of rotatable bonds is 2. The van der Waals surface area contributed by atoms with Crippen molar-refractivity contribution in [2.45, 2.75) is 56.1 Å². The number of carbonyl (C=O) groups excluding carboxylic acids is 2. The van der Waals surface area contributed by atoms with E-state index in [1.807, 2.05) is 6.07 Å². The van der Waals surface area contributed by atoms with Crippen LogP contribution in [0, 0.1) is 17.8 Å². The highest BCUT2D eigenvalue weighted by molar-refractivity contribution is 6.18. The zero-order valence-electron chi connectivity index (χ0n) is 13.7. The molecule has 4 heteroatoms. The Morgan fingerprint density at radius 2 is 1.62 bits per heavy atom. The summed E-state index contributed by atoms with van der Waals surface area (Å²) in [7, 11) is 0. The summed E-state index contributed by atoms with van der Waals surface area (Å²) in [6.07, 6.45) is 6.52. The van der Waals surface area contributed by atoms with Crippen molar-refractivity contribution in [3.63, 3.8) is 0 Å². The van der Waals surface area contributed by atoms with Gasteiger partial charge in [-0.25, -0.2) is 4.79 Å². The number of aliphatic hydroxyl groups is 1. The van der Waals surface area contributed by atoms with Crippen LogP contribution in [0.4, 0.5) is 0 Å². The summed E-state index contributed by atoms with van der Waals surface area (Å²) in [6.45, 7) is 0. The van der Waals surface area contributed by atoms with Gasteiger partial charge in [0.2, 0.25) is 11.4 Å². The molecule has 0 amide bonds. The maximum atomic E-state index is 12.8. The standard InChI is InChI=1S/C20H22O4/c21-17-16-4-2-1-3-15(16)11-20(17,23)18(22)24-19-8-12-5-13(9-19)7-14(6-12)10-19/h1-4,12-14,23H,5-11H2. The van der Waals surface area contributed by atoms with E-state index in [9.17, 15) is 14.7 Å². The van der Waals surface area contributed by atoms with Crippen LogP contribution in [-0.2, 0) is 16.0 Å². The molecule has 6 rings (SSSR count). The van der Waals surface area contributed by atoms with Crippen molar-refractivity contribution in [2.75, 3.05) is 0 Å². The highest BCUT2D eigenvalue weighted by Crippen LogP contribution is 2.57. The molecular weight excluding hydrogens is 304 g/mol. The highest BCUT2D eigenvalue weighted by atomic mass is 16.6. The molecule has 0 saturated heterocycles. The highest BCUT2D eigenvalue weighted by Gasteiger charge is 2.57. The van der Waals surface area contributed by atoms with Gasteiger partial charge in [-0.2, -0.15) is 0 Å². The third-order valence-electron chi connectivity index (χ3n) is 6.71. The Morgan fingerprint density at radius 1 is 1.04 bits per heavy atom. The van der Waals surface area contributed by atoms with Gasteiger partial charge in [0.05, 0.1) is 0 Å². The first kappa shape index (κ1) is 14.6. The smallest absolute Gasteiger partial charge is 0.347 e. The largest absolute Gasteiger partial charge is 0.457 e. The van der Waals surface area contributed by atoms with E-state index in [0.717, 1.165) is 24.8 Å². The van der Waals surface area contributed by atoms with Crippen molar-refractivity contribution >= 4 is 11.8 Å². The predicted octanol–water partition coefficient (Wildman–Crippen LogP) is 2.67. The van der Waals surface area contributed by atoms with E-state index in [4.69, 9.17) is 4.74 Å². The molecule has 5 aliphatic rings. The van der Waals surface area contributed by atoms with Crippen molar-refractivity contribution in [2.24, 2.45) is 17.8 Å². The SMILES string of the molecule is O=C(OC12CC3CC(CC(C3)C1)C2)C1(O)Cc2ccccc2C1=O. The van der Waals surface area contributed by atoms with E-state index >= 15 is 0 Å². The van der Waals surface area contributed by atoms with Crippen LogP contribution in [0.25, 0.3) is 0 Å².